The van der Waals surface area contributed by atoms with Gasteiger partial charge in [0.2, 0.25) is 0 Å². The topological polar surface area (TPSA) is 44.3 Å². The first-order valence-corrected chi connectivity index (χ1v) is 6.65. The molecule has 1 rings (SSSR count). The Bertz CT molecular complexity index is 405. The molecule has 0 radical (unpaired) electrons. The van der Waals surface area contributed by atoms with Gasteiger partial charge in [0.15, 0.2) is 5.11 Å². The zero-order chi connectivity index (χ0) is 13.7. The van der Waals surface area contributed by atoms with Crippen molar-refractivity contribution >= 4 is 23.0 Å². The summed E-state index contributed by atoms with van der Waals surface area (Å²) in [5, 5.41) is 16.0. The second kappa shape index (κ2) is 6.71. The number of aliphatic hydroxyl groups is 1. The maximum Gasteiger partial charge on any atom is 0.171 e. The van der Waals surface area contributed by atoms with Crippen molar-refractivity contribution in [1.29, 1.82) is 0 Å². The number of hydrogen-bond acceptors (Lipinski definition) is 2. The van der Waals surface area contributed by atoms with Gasteiger partial charge in [0.25, 0.3) is 0 Å². The van der Waals surface area contributed by atoms with Crippen LogP contribution in [0.25, 0.3) is 0 Å². The minimum absolute atomic E-state index is 0.0102. The standard InChI is InChI=1S/C14H22N2OS/c1-5-12(8-17)15-14(18)16-13-10(3)6-9(2)7-11(13)4/h6-7,12,17H,5,8H2,1-4H3,(H2,15,16,18)/t12-/m1/s1. The van der Waals surface area contributed by atoms with Crippen LogP contribution in [-0.2, 0) is 0 Å². The lowest BCUT2D eigenvalue weighted by atomic mass is 10.1. The molecule has 3 nitrogen and oxygen atoms in total. The Kier molecular flexibility index (Phi) is 5.56. The minimum atomic E-state index is 0.0102. The molecule has 0 fully saturated rings. The third-order valence-electron chi connectivity index (χ3n) is 2.96. The summed E-state index contributed by atoms with van der Waals surface area (Å²) in [6, 6.07) is 4.26. The average Bonchev–Trinajstić information content (AvgIpc) is 2.30. The van der Waals surface area contributed by atoms with Crippen LogP contribution in [0.3, 0.4) is 0 Å². The summed E-state index contributed by atoms with van der Waals surface area (Å²) in [7, 11) is 0. The first-order valence-electron chi connectivity index (χ1n) is 6.24. The molecule has 4 heteroatoms. The van der Waals surface area contributed by atoms with E-state index in [0.717, 1.165) is 12.1 Å². The molecule has 0 bridgehead atoms. The van der Waals surface area contributed by atoms with Crippen molar-refractivity contribution in [2.45, 2.75) is 40.2 Å². The van der Waals surface area contributed by atoms with E-state index in [-0.39, 0.29) is 12.6 Å². The summed E-state index contributed by atoms with van der Waals surface area (Å²) in [6.07, 6.45) is 0.837. The highest BCUT2D eigenvalue weighted by atomic mass is 32.1. The van der Waals surface area contributed by atoms with Gasteiger partial charge in [-0.15, -0.1) is 0 Å². The van der Waals surface area contributed by atoms with Crippen molar-refractivity contribution < 1.29 is 5.11 Å². The lowest BCUT2D eigenvalue weighted by molar-refractivity contribution is 0.253. The Morgan fingerprint density at radius 2 is 1.83 bits per heavy atom. The van der Waals surface area contributed by atoms with Gasteiger partial charge >= 0.3 is 0 Å². The second-order valence-corrected chi connectivity index (χ2v) is 5.07. The number of nitrogens with one attached hydrogen (secondary N) is 2. The summed E-state index contributed by atoms with van der Waals surface area (Å²) >= 11 is 5.26. The number of aryl methyl sites for hydroxylation is 3. The van der Waals surface area contributed by atoms with Crippen LogP contribution in [0.15, 0.2) is 12.1 Å². The van der Waals surface area contributed by atoms with Gasteiger partial charge in [-0.2, -0.15) is 0 Å². The molecule has 0 aliphatic carbocycles. The van der Waals surface area contributed by atoms with Gasteiger partial charge in [0, 0.05) is 5.69 Å². The Balaban J connectivity index is 2.76. The number of rotatable bonds is 4. The molecule has 0 spiro atoms. The van der Waals surface area contributed by atoms with Crippen LogP contribution in [0.5, 0.6) is 0 Å². The van der Waals surface area contributed by atoms with Crippen molar-refractivity contribution in [3.8, 4) is 0 Å². The Morgan fingerprint density at radius 1 is 1.28 bits per heavy atom. The fourth-order valence-corrected chi connectivity index (χ4v) is 2.26. The molecular weight excluding hydrogens is 244 g/mol. The monoisotopic (exact) mass is 266 g/mol. The lowest BCUT2D eigenvalue weighted by Crippen LogP contribution is -2.39. The van der Waals surface area contributed by atoms with Crippen molar-refractivity contribution in [2.75, 3.05) is 11.9 Å². The highest BCUT2D eigenvalue weighted by Gasteiger charge is 2.09. The normalized spacial score (nSPS) is 12.1. The zero-order valence-electron chi connectivity index (χ0n) is 11.5. The average molecular weight is 266 g/mol. The number of aliphatic hydroxyl groups excluding tert-OH is 1. The summed E-state index contributed by atoms with van der Waals surface area (Å²) in [4.78, 5) is 0. The Morgan fingerprint density at radius 3 is 2.28 bits per heavy atom. The molecule has 0 amide bonds. The van der Waals surface area contributed by atoms with E-state index >= 15 is 0 Å². The van der Waals surface area contributed by atoms with Crippen molar-refractivity contribution in [2.24, 2.45) is 0 Å². The van der Waals surface area contributed by atoms with E-state index in [2.05, 4.69) is 43.5 Å². The maximum atomic E-state index is 9.14. The van der Waals surface area contributed by atoms with Crippen LogP contribution < -0.4 is 10.6 Å². The zero-order valence-corrected chi connectivity index (χ0v) is 12.3. The molecule has 0 heterocycles. The molecule has 0 saturated heterocycles. The van der Waals surface area contributed by atoms with E-state index in [1.807, 2.05) is 6.92 Å². The second-order valence-electron chi connectivity index (χ2n) is 4.66. The fourth-order valence-electron chi connectivity index (χ4n) is 1.99. The third kappa shape index (κ3) is 3.96. The van der Waals surface area contributed by atoms with E-state index in [9.17, 15) is 0 Å². The molecular formula is C14H22N2OS. The predicted molar refractivity (Wildman–Crippen MR) is 81.2 cm³/mol. The first-order chi connectivity index (χ1) is 8.47. The van der Waals surface area contributed by atoms with Gasteiger partial charge in [-0.3, -0.25) is 0 Å². The van der Waals surface area contributed by atoms with Crippen LogP contribution in [0, 0.1) is 20.8 Å². The molecule has 1 aromatic rings. The minimum Gasteiger partial charge on any atom is -0.394 e. The number of hydrogen-bond donors (Lipinski definition) is 3. The summed E-state index contributed by atoms with van der Waals surface area (Å²) in [5.74, 6) is 0. The molecule has 0 unspecified atom stereocenters. The molecule has 1 atom stereocenters. The SMILES string of the molecule is CC[C@H](CO)NC(=S)Nc1c(C)cc(C)cc1C. The van der Waals surface area contributed by atoms with Crippen molar-refractivity contribution in [3.63, 3.8) is 0 Å². The summed E-state index contributed by atoms with van der Waals surface area (Å²) in [5.41, 5.74) is 4.64. The molecule has 1 aromatic carbocycles. The quantitative estimate of drug-likeness (QED) is 0.733. The van der Waals surface area contributed by atoms with Crippen LogP contribution in [0.4, 0.5) is 5.69 Å². The molecule has 3 N–H and O–H groups in total. The van der Waals surface area contributed by atoms with Gasteiger partial charge in [-0.05, 0) is 50.5 Å². The van der Waals surface area contributed by atoms with Gasteiger partial charge in [-0.25, -0.2) is 0 Å². The van der Waals surface area contributed by atoms with E-state index in [1.165, 1.54) is 16.7 Å². The Labute approximate surface area is 115 Å². The van der Waals surface area contributed by atoms with Crippen molar-refractivity contribution in [3.05, 3.63) is 28.8 Å². The number of benzene rings is 1. The van der Waals surface area contributed by atoms with E-state index in [0.29, 0.717) is 5.11 Å². The molecule has 0 aliphatic rings. The molecule has 0 saturated carbocycles. The van der Waals surface area contributed by atoms with E-state index < -0.39 is 0 Å². The molecule has 100 valence electrons. The van der Waals surface area contributed by atoms with Gasteiger partial charge in [0.1, 0.15) is 0 Å². The van der Waals surface area contributed by atoms with Crippen LogP contribution in [0.1, 0.15) is 30.0 Å². The first kappa shape index (κ1) is 14.9. The largest absolute Gasteiger partial charge is 0.394 e. The number of thiocarbonyl (C=S) groups is 1. The highest BCUT2D eigenvalue weighted by Crippen LogP contribution is 2.21. The van der Waals surface area contributed by atoms with Gasteiger partial charge < -0.3 is 15.7 Å². The molecule has 18 heavy (non-hydrogen) atoms. The lowest BCUT2D eigenvalue weighted by Gasteiger charge is -2.19. The van der Waals surface area contributed by atoms with Crippen LogP contribution >= 0.6 is 12.2 Å². The van der Waals surface area contributed by atoms with E-state index in [4.69, 9.17) is 17.3 Å². The fraction of sp³-hybridized carbons (Fsp3) is 0.500. The van der Waals surface area contributed by atoms with Gasteiger partial charge in [0.05, 0.1) is 12.6 Å². The molecule has 0 aromatic heterocycles. The Hall–Kier alpha value is -1.13. The predicted octanol–water partition coefficient (Wildman–Crippen LogP) is 2.67. The third-order valence-corrected chi connectivity index (χ3v) is 3.18. The summed E-state index contributed by atoms with van der Waals surface area (Å²) in [6.45, 7) is 8.31. The molecule has 0 aliphatic heterocycles. The highest BCUT2D eigenvalue weighted by molar-refractivity contribution is 7.80. The smallest absolute Gasteiger partial charge is 0.171 e. The summed E-state index contributed by atoms with van der Waals surface area (Å²) < 4.78 is 0. The maximum absolute atomic E-state index is 9.14. The van der Waals surface area contributed by atoms with Crippen LogP contribution in [-0.4, -0.2) is 22.9 Å². The number of anilines is 1. The van der Waals surface area contributed by atoms with Gasteiger partial charge in [-0.1, -0.05) is 24.6 Å². The van der Waals surface area contributed by atoms with E-state index in [1.54, 1.807) is 0 Å². The van der Waals surface area contributed by atoms with Crippen molar-refractivity contribution in [1.82, 2.24) is 5.32 Å². The van der Waals surface area contributed by atoms with Crippen LogP contribution in [0.2, 0.25) is 0 Å².